The van der Waals surface area contributed by atoms with Gasteiger partial charge in [-0.15, -0.1) is 0 Å². The highest BCUT2D eigenvalue weighted by Crippen LogP contribution is 2.23. The van der Waals surface area contributed by atoms with Crippen molar-refractivity contribution in [1.29, 1.82) is 10.5 Å². The van der Waals surface area contributed by atoms with E-state index in [1.54, 1.807) is 19.1 Å². The van der Waals surface area contributed by atoms with Crippen molar-refractivity contribution in [3.05, 3.63) is 70.7 Å². The summed E-state index contributed by atoms with van der Waals surface area (Å²) in [5.74, 6) is 1.24. The highest BCUT2D eigenvalue weighted by atomic mass is 16.5. The maximum absolute atomic E-state index is 8.98. The maximum Gasteiger partial charge on any atom is 0.137 e. The van der Waals surface area contributed by atoms with Crippen LogP contribution in [0, 0.1) is 22.7 Å². The molecule has 3 rings (SSSR count). The number of nitrogens with zero attached hydrogens (tertiary/aromatic N) is 3. The van der Waals surface area contributed by atoms with E-state index in [4.69, 9.17) is 15.3 Å². The van der Waals surface area contributed by atoms with Crippen molar-refractivity contribution < 1.29 is 4.74 Å². The first-order valence-electron chi connectivity index (χ1n) is 10.1. The van der Waals surface area contributed by atoms with Crippen molar-refractivity contribution in [3.8, 4) is 12.1 Å². The van der Waals surface area contributed by atoms with Gasteiger partial charge in [-0.25, -0.2) is 0 Å². The van der Waals surface area contributed by atoms with Crippen LogP contribution in [0.15, 0.2) is 65.2 Å². The maximum atomic E-state index is 8.98. The number of benzene rings is 1. The normalized spacial score (nSPS) is 15.7. The van der Waals surface area contributed by atoms with E-state index in [1.165, 1.54) is 38.5 Å². The van der Waals surface area contributed by atoms with Gasteiger partial charge in [0.15, 0.2) is 0 Å². The molecule has 0 atom stereocenters. The molecule has 1 aromatic rings. The largest absolute Gasteiger partial charge is 0.462 e. The van der Waals surface area contributed by atoms with Gasteiger partial charge in [-0.05, 0) is 42.8 Å². The van der Waals surface area contributed by atoms with Crippen LogP contribution in [0.3, 0.4) is 0 Å². The van der Waals surface area contributed by atoms with Crippen LogP contribution in [0.1, 0.15) is 51.0 Å². The number of anilines is 1. The Bertz CT molecular complexity index is 856. The minimum absolute atomic E-state index is 0.0777. The number of nitriles is 2. The zero-order chi connectivity index (χ0) is 21.1. The van der Waals surface area contributed by atoms with Crippen molar-refractivity contribution in [3.63, 3.8) is 0 Å². The highest BCUT2D eigenvalue weighted by molar-refractivity contribution is 5.59. The Balaban J connectivity index is 0.000000426. The van der Waals surface area contributed by atoms with Crippen LogP contribution in [-0.2, 0) is 4.74 Å². The van der Waals surface area contributed by atoms with Crippen molar-refractivity contribution in [1.82, 2.24) is 0 Å². The van der Waals surface area contributed by atoms with Gasteiger partial charge >= 0.3 is 0 Å². The molecule has 1 aliphatic heterocycles. The monoisotopic (exact) mass is 387 g/mol. The van der Waals surface area contributed by atoms with E-state index in [0.29, 0.717) is 17.1 Å². The Morgan fingerprint density at radius 1 is 0.897 bits per heavy atom. The van der Waals surface area contributed by atoms with E-state index < -0.39 is 0 Å². The van der Waals surface area contributed by atoms with Gasteiger partial charge in [0.1, 0.15) is 29.2 Å². The molecule has 0 unspecified atom stereocenters. The standard InChI is InChI=1S/C19H17N3O.C6H12/c1-14-10-16(17(12-20)13-21)11-19(23-14)9-6-15-4-7-18(8-5-15)22(2)3;1-2-4-6-5-3-1/h4-11H,1-3H3;1-6H2/b9-6+;. The van der Waals surface area contributed by atoms with E-state index in [-0.39, 0.29) is 5.57 Å². The second-order valence-electron chi connectivity index (χ2n) is 7.40. The third-order valence-electron chi connectivity index (χ3n) is 4.80. The first-order valence-corrected chi connectivity index (χ1v) is 10.1. The van der Waals surface area contributed by atoms with Gasteiger partial charge in [0.05, 0.1) is 0 Å². The molecule has 0 radical (unpaired) electrons. The van der Waals surface area contributed by atoms with Crippen molar-refractivity contribution in [2.24, 2.45) is 0 Å². The lowest BCUT2D eigenvalue weighted by Gasteiger charge is -2.13. The van der Waals surface area contributed by atoms with E-state index in [2.05, 4.69) is 0 Å². The van der Waals surface area contributed by atoms with Crippen molar-refractivity contribution >= 4 is 11.8 Å². The number of rotatable bonds is 3. The Morgan fingerprint density at radius 2 is 1.45 bits per heavy atom. The molecule has 2 aliphatic rings. The molecular weight excluding hydrogens is 358 g/mol. The number of hydrogen-bond donors (Lipinski definition) is 0. The fraction of sp³-hybridized carbons (Fsp3) is 0.360. The van der Waals surface area contributed by atoms with Gasteiger partial charge in [-0.1, -0.05) is 56.7 Å². The minimum Gasteiger partial charge on any atom is -0.462 e. The second kappa shape index (κ2) is 11.6. The van der Waals surface area contributed by atoms with E-state index >= 15 is 0 Å². The van der Waals surface area contributed by atoms with E-state index in [9.17, 15) is 0 Å². The third kappa shape index (κ3) is 7.35. The molecule has 1 heterocycles. The molecule has 1 saturated carbocycles. The van der Waals surface area contributed by atoms with Crippen molar-refractivity contribution in [2.75, 3.05) is 19.0 Å². The molecule has 150 valence electrons. The summed E-state index contributed by atoms with van der Waals surface area (Å²) in [5, 5.41) is 18.0. The van der Waals surface area contributed by atoms with Crippen LogP contribution >= 0.6 is 0 Å². The highest BCUT2D eigenvalue weighted by Gasteiger charge is 2.10. The molecule has 0 saturated heterocycles. The van der Waals surface area contributed by atoms with Gasteiger partial charge < -0.3 is 9.64 Å². The predicted octanol–water partition coefficient (Wildman–Crippen LogP) is 6.27. The SMILES string of the molecule is C1CCCCC1.CC1=CC(=C(C#N)C#N)C=C(/C=C/c2ccc(N(C)C)cc2)O1. The van der Waals surface area contributed by atoms with Gasteiger partial charge in [0, 0.05) is 25.4 Å². The molecule has 1 fully saturated rings. The molecule has 0 aromatic heterocycles. The van der Waals surface area contributed by atoms with E-state index in [0.717, 1.165) is 11.3 Å². The smallest absolute Gasteiger partial charge is 0.137 e. The van der Waals surface area contributed by atoms with Crippen LogP contribution in [-0.4, -0.2) is 14.1 Å². The number of allylic oxidation sites excluding steroid dienone is 6. The van der Waals surface area contributed by atoms with Crippen molar-refractivity contribution in [2.45, 2.75) is 45.4 Å². The average molecular weight is 388 g/mol. The topological polar surface area (TPSA) is 60.0 Å². The molecule has 0 bridgehead atoms. The third-order valence-corrected chi connectivity index (χ3v) is 4.80. The molecular formula is C25H29N3O. The predicted molar refractivity (Wildman–Crippen MR) is 119 cm³/mol. The molecule has 4 heteroatoms. The lowest BCUT2D eigenvalue weighted by atomic mass is 10.0. The lowest BCUT2D eigenvalue weighted by molar-refractivity contribution is 0.318. The Labute approximate surface area is 174 Å². The summed E-state index contributed by atoms with van der Waals surface area (Å²) in [6.45, 7) is 1.79. The fourth-order valence-electron chi connectivity index (χ4n) is 3.16. The summed E-state index contributed by atoms with van der Waals surface area (Å²) >= 11 is 0. The summed E-state index contributed by atoms with van der Waals surface area (Å²) in [6.07, 6.45) is 16.1. The molecule has 0 N–H and O–H groups in total. The first kappa shape index (κ1) is 22.1. The van der Waals surface area contributed by atoms with Gasteiger partial charge in [0.25, 0.3) is 0 Å². The summed E-state index contributed by atoms with van der Waals surface area (Å²) in [7, 11) is 3.99. The number of ether oxygens (including phenoxy) is 1. The molecule has 29 heavy (non-hydrogen) atoms. The van der Waals surface area contributed by atoms with Crippen LogP contribution < -0.4 is 4.90 Å². The van der Waals surface area contributed by atoms with Crippen LogP contribution in [0.2, 0.25) is 0 Å². The van der Waals surface area contributed by atoms with Crippen LogP contribution in [0.4, 0.5) is 5.69 Å². The zero-order valence-corrected chi connectivity index (χ0v) is 17.6. The summed E-state index contributed by atoms with van der Waals surface area (Å²) in [6, 6.07) is 11.9. The molecule has 0 spiro atoms. The first-order chi connectivity index (χ1) is 14.0. The lowest BCUT2D eigenvalue weighted by Crippen LogP contribution is -2.07. The summed E-state index contributed by atoms with van der Waals surface area (Å²) < 4.78 is 5.61. The van der Waals surface area contributed by atoms with Gasteiger partial charge in [-0.2, -0.15) is 10.5 Å². The molecule has 1 aliphatic carbocycles. The minimum atomic E-state index is 0.0777. The number of hydrogen-bond acceptors (Lipinski definition) is 4. The summed E-state index contributed by atoms with van der Waals surface area (Å²) in [5.41, 5.74) is 2.82. The molecule has 0 amide bonds. The van der Waals surface area contributed by atoms with E-state index in [1.807, 2.05) is 67.6 Å². The van der Waals surface area contributed by atoms with Crippen LogP contribution in [0.25, 0.3) is 6.08 Å². The Hall–Kier alpha value is -3.24. The van der Waals surface area contributed by atoms with Gasteiger partial charge in [0.2, 0.25) is 0 Å². The molecule has 1 aromatic carbocycles. The molecule has 4 nitrogen and oxygen atoms in total. The Kier molecular flexibility index (Phi) is 8.80. The zero-order valence-electron chi connectivity index (χ0n) is 17.6. The van der Waals surface area contributed by atoms with Gasteiger partial charge in [-0.3, -0.25) is 0 Å². The fourth-order valence-corrected chi connectivity index (χ4v) is 3.16. The second-order valence-corrected chi connectivity index (χ2v) is 7.40. The average Bonchev–Trinajstić information content (AvgIpc) is 2.75. The summed E-state index contributed by atoms with van der Waals surface area (Å²) in [4.78, 5) is 2.04. The quantitative estimate of drug-likeness (QED) is 0.574. The Morgan fingerprint density at radius 3 is 1.93 bits per heavy atom. The van der Waals surface area contributed by atoms with Crippen LogP contribution in [0.5, 0.6) is 0 Å².